The van der Waals surface area contributed by atoms with Crippen LogP contribution in [0.15, 0.2) is 83.9 Å². The fourth-order valence-electron chi connectivity index (χ4n) is 4.56. The molecule has 1 amide bonds. The van der Waals surface area contributed by atoms with Gasteiger partial charge in [-0.25, -0.2) is 4.99 Å². The molecule has 1 heterocycles. The molecular formula is C32H36N2O6. The molecule has 1 aliphatic rings. The Labute approximate surface area is 234 Å². The second-order valence-corrected chi connectivity index (χ2v) is 10.7. The molecule has 8 nitrogen and oxygen atoms in total. The highest BCUT2D eigenvalue weighted by Crippen LogP contribution is 2.43. The molecule has 0 fully saturated rings. The van der Waals surface area contributed by atoms with Crippen molar-refractivity contribution < 1.29 is 28.9 Å². The minimum absolute atomic E-state index is 0.0220. The number of nitrogens with two attached hydrogens (primary N) is 1. The van der Waals surface area contributed by atoms with E-state index in [4.69, 9.17) is 30.0 Å². The Hall–Kier alpha value is -4.17. The SMILES string of the molecule is CC(C)(C)OC(=O)CC[C@@]1(C(N)=O)N=C(c2ccc(OCCCO)cc2)O[C@@H]1c1ccc(-c2ccccc2)cc1. The van der Waals surface area contributed by atoms with Crippen molar-refractivity contribution in [1.29, 1.82) is 0 Å². The van der Waals surface area contributed by atoms with Gasteiger partial charge in [-0.3, -0.25) is 9.59 Å². The van der Waals surface area contributed by atoms with Gasteiger partial charge in [-0.1, -0.05) is 54.6 Å². The lowest BCUT2D eigenvalue weighted by Crippen LogP contribution is -2.46. The number of rotatable bonds is 11. The first-order chi connectivity index (χ1) is 19.1. The molecule has 210 valence electrons. The Morgan fingerprint density at radius 2 is 1.57 bits per heavy atom. The molecule has 0 aliphatic carbocycles. The molecule has 8 heteroatoms. The molecule has 0 unspecified atom stereocenters. The Morgan fingerprint density at radius 1 is 0.950 bits per heavy atom. The molecule has 0 saturated heterocycles. The van der Waals surface area contributed by atoms with Crippen molar-refractivity contribution in [3.8, 4) is 16.9 Å². The van der Waals surface area contributed by atoms with Gasteiger partial charge in [0.1, 0.15) is 11.4 Å². The standard InChI is InChI=1S/C32H36N2O6/c1-31(2,3)40-27(36)18-19-32(30(33)37)28(24-12-10-23(11-13-24)22-8-5-4-6-9-22)39-29(34-32)25-14-16-26(17-15-25)38-21-7-20-35/h4-6,8-17,28,35H,7,18-21H2,1-3H3,(H2,33,37)/t28-,32-/m1/s1. The second kappa shape index (κ2) is 12.3. The summed E-state index contributed by atoms with van der Waals surface area (Å²) in [5.41, 5.74) is 7.26. The van der Waals surface area contributed by atoms with E-state index < -0.39 is 29.1 Å². The largest absolute Gasteiger partial charge is 0.494 e. The smallest absolute Gasteiger partial charge is 0.306 e. The van der Waals surface area contributed by atoms with E-state index in [1.807, 2.05) is 54.6 Å². The molecule has 0 aromatic heterocycles. The molecule has 2 atom stereocenters. The Morgan fingerprint density at radius 3 is 2.17 bits per heavy atom. The van der Waals surface area contributed by atoms with Crippen molar-refractivity contribution in [1.82, 2.24) is 0 Å². The van der Waals surface area contributed by atoms with Crippen molar-refractivity contribution in [3.63, 3.8) is 0 Å². The van der Waals surface area contributed by atoms with Crippen LogP contribution in [0, 0.1) is 0 Å². The topological polar surface area (TPSA) is 120 Å². The summed E-state index contributed by atoms with van der Waals surface area (Å²) < 4.78 is 17.5. The lowest BCUT2D eigenvalue weighted by molar-refractivity contribution is -0.155. The van der Waals surface area contributed by atoms with Gasteiger partial charge in [-0.05, 0) is 68.1 Å². The maximum atomic E-state index is 13.1. The number of aliphatic hydroxyl groups is 1. The highest BCUT2D eigenvalue weighted by molar-refractivity contribution is 6.00. The fraction of sp³-hybridized carbons (Fsp3) is 0.344. The highest BCUT2D eigenvalue weighted by atomic mass is 16.6. The van der Waals surface area contributed by atoms with Crippen LogP contribution in [0.4, 0.5) is 0 Å². The van der Waals surface area contributed by atoms with Crippen LogP contribution in [0.5, 0.6) is 5.75 Å². The number of carbonyl (C=O) groups is 2. The summed E-state index contributed by atoms with van der Waals surface area (Å²) in [6, 6.07) is 24.8. The van der Waals surface area contributed by atoms with Gasteiger partial charge < -0.3 is 25.1 Å². The average molecular weight is 545 g/mol. The normalized spacial score (nSPS) is 18.5. The molecular weight excluding hydrogens is 508 g/mol. The predicted octanol–water partition coefficient (Wildman–Crippen LogP) is 4.98. The zero-order chi connectivity index (χ0) is 28.8. The van der Waals surface area contributed by atoms with E-state index in [0.717, 1.165) is 11.1 Å². The first-order valence-electron chi connectivity index (χ1n) is 13.4. The van der Waals surface area contributed by atoms with Gasteiger partial charge >= 0.3 is 5.97 Å². The van der Waals surface area contributed by atoms with Crippen molar-refractivity contribution in [2.75, 3.05) is 13.2 Å². The predicted molar refractivity (Wildman–Crippen MR) is 153 cm³/mol. The van der Waals surface area contributed by atoms with Crippen LogP contribution in [0.3, 0.4) is 0 Å². The first-order valence-corrected chi connectivity index (χ1v) is 13.4. The average Bonchev–Trinajstić information content (AvgIpc) is 3.33. The van der Waals surface area contributed by atoms with Gasteiger partial charge in [-0.15, -0.1) is 0 Å². The van der Waals surface area contributed by atoms with Gasteiger partial charge in [0.25, 0.3) is 0 Å². The van der Waals surface area contributed by atoms with E-state index in [2.05, 4.69) is 0 Å². The summed E-state index contributed by atoms with van der Waals surface area (Å²) in [6.45, 7) is 5.81. The van der Waals surface area contributed by atoms with E-state index in [-0.39, 0.29) is 25.3 Å². The lowest BCUT2D eigenvalue weighted by Gasteiger charge is -2.29. The first kappa shape index (κ1) is 28.8. The van der Waals surface area contributed by atoms with Crippen LogP contribution in [-0.4, -0.2) is 47.2 Å². The third-order valence-electron chi connectivity index (χ3n) is 6.51. The van der Waals surface area contributed by atoms with E-state index in [0.29, 0.717) is 29.9 Å². The van der Waals surface area contributed by atoms with Crippen LogP contribution in [0.2, 0.25) is 0 Å². The number of esters is 1. The van der Waals surface area contributed by atoms with E-state index >= 15 is 0 Å². The number of aliphatic hydroxyl groups excluding tert-OH is 1. The van der Waals surface area contributed by atoms with Crippen LogP contribution >= 0.6 is 0 Å². The Bertz CT molecular complexity index is 1330. The summed E-state index contributed by atoms with van der Waals surface area (Å²) in [5.74, 6) is -0.247. The minimum atomic E-state index is -1.52. The number of amides is 1. The van der Waals surface area contributed by atoms with Gasteiger partial charge in [0, 0.05) is 25.0 Å². The summed E-state index contributed by atoms with van der Waals surface area (Å²) in [4.78, 5) is 30.5. The van der Waals surface area contributed by atoms with E-state index in [1.165, 1.54) is 0 Å². The Kier molecular flexibility index (Phi) is 8.90. The molecule has 4 rings (SSSR count). The van der Waals surface area contributed by atoms with Crippen molar-refractivity contribution in [3.05, 3.63) is 90.0 Å². The van der Waals surface area contributed by atoms with E-state index in [9.17, 15) is 9.59 Å². The van der Waals surface area contributed by atoms with Crippen molar-refractivity contribution >= 4 is 17.8 Å². The van der Waals surface area contributed by atoms with Crippen LogP contribution < -0.4 is 10.5 Å². The van der Waals surface area contributed by atoms with Crippen LogP contribution in [0.25, 0.3) is 11.1 Å². The number of hydrogen-bond acceptors (Lipinski definition) is 7. The number of primary amides is 1. The number of benzene rings is 3. The molecule has 40 heavy (non-hydrogen) atoms. The third-order valence-corrected chi connectivity index (χ3v) is 6.51. The summed E-state index contributed by atoms with van der Waals surface area (Å²) in [7, 11) is 0. The Balaban J connectivity index is 1.66. The quantitative estimate of drug-likeness (QED) is 0.260. The maximum absolute atomic E-state index is 13.1. The van der Waals surface area contributed by atoms with Crippen LogP contribution in [0.1, 0.15) is 57.3 Å². The van der Waals surface area contributed by atoms with Crippen molar-refractivity contribution in [2.45, 2.75) is 57.3 Å². The number of hydrogen-bond donors (Lipinski definition) is 2. The van der Waals surface area contributed by atoms with Gasteiger partial charge in [0.2, 0.25) is 11.8 Å². The number of aliphatic imine (C=N–C) groups is 1. The monoisotopic (exact) mass is 544 g/mol. The zero-order valence-corrected chi connectivity index (χ0v) is 23.1. The lowest BCUT2D eigenvalue weighted by atomic mass is 9.83. The molecule has 0 radical (unpaired) electrons. The minimum Gasteiger partial charge on any atom is -0.494 e. The summed E-state index contributed by atoms with van der Waals surface area (Å²) in [6.07, 6.45) is -0.348. The molecule has 0 spiro atoms. The van der Waals surface area contributed by atoms with Gasteiger partial charge in [0.05, 0.1) is 6.61 Å². The molecule has 3 aromatic carbocycles. The number of ether oxygens (including phenoxy) is 3. The molecule has 0 saturated carbocycles. The van der Waals surface area contributed by atoms with Crippen LogP contribution in [-0.2, 0) is 19.1 Å². The second-order valence-electron chi connectivity index (χ2n) is 10.7. The van der Waals surface area contributed by atoms with Gasteiger partial charge in [-0.2, -0.15) is 0 Å². The molecule has 0 bridgehead atoms. The fourth-order valence-corrected chi connectivity index (χ4v) is 4.56. The number of carbonyl (C=O) groups excluding carboxylic acids is 2. The molecule has 3 aromatic rings. The number of nitrogens with zero attached hydrogens (tertiary/aromatic N) is 1. The zero-order valence-electron chi connectivity index (χ0n) is 23.1. The highest BCUT2D eigenvalue weighted by Gasteiger charge is 2.52. The molecule has 1 aliphatic heterocycles. The molecule has 3 N–H and O–H groups in total. The summed E-state index contributed by atoms with van der Waals surface area (Å²) >= 11 is 0. The third kappa shape index (κ3) is 6.87. The van der Waals surface area contributed by atoms with Gasteiger partial charge in [0.15, 0.2) is 11.6 Å². The van der Waals surface area contributed by atoms with E-state index in [1.54, 1.807) is 45.0 Å². The maximum Gasteiger partial charge on any atom is 0.306 e. The summed E-state index contributed by atoms with van der Waals surface area (Å²) in [5, 5.41) is 8.97. The van der Waals surface area contributed by atoms with Crippen molar-refractivity contribution in [2.24, 2.45) is 10.7 Å².